The number of aliphatic hydroxyl groups excluding tert-OH is 2. The first-order valence-electron chi connectivity index (χ1n) is 7.65. The van der Waals surface area contributed by atoms with Gasteiger partial charge in [-0.25, -0.2) is 4.99 Å². The topological polar surface area (TPSA) is 155 Å². The number of nitrogens with zero attached hydrogens (tertiary/aromatic N) is 3. The number of nitrogen functional groups attached to an aromatic ring is 1. The Balaban J connectivity index is 1.98. The minimum absolute atomic E-state index is 0.203. The van der Waals surface area contributed by atoms with Gasteiger partial charge in [0.05, 0.1) is 18.3 Å². The first-order valence-corrected chi connectivity index (χ1v) is 7.65. The summed E-state index contributed by atoms with van der Waals surface area (Å²) in [4.78, 5) is 20.0. The largest absolute Gasteiger partial charge is 0.398 e. The molecule has 0 spiro atoms. The highest BCUT2D eigenvalue weighted by Crippen LogP contribution is 2.45. The van der Waals surface area contributed by atoms with Gasteiger partial charge in [0.2, 0.25) is 0 Å². The van der Waals surface area contributed by atoms with Gasteiger partial charge < -0.3 is 35.7 Å². The molecule has 2 aliphatic rings. The van der Waals surface area contributed by atoms with Gasteiger partial charge in [-0.15, -0.1) is 0 Å². The Morgan fingerprint density at radius 1 is 1.52 bits per heavy atom. The molecule has 0 aromatic carbocycles. The fourth-order valence-electron chi connectivity index (χ4n) is 3.33. The molecule has 25 heavy (non-hydrogen) atoms. The molecule has 132 valence electrons. The van der Waals surface area contributed by atoms with Crippen molar-refractivity contribution >= 4 is 34.4 Å². The molecule has 0 saturated carbocycles. The van der Waals surface area contributed by atoms with E-state index < -0.39 is 36.2 Å². The molecule has 10 heteroatoms. The van der Waals surface area contributed by atoms with Crippen LogP contribution in [0.5, 0.6) is 0 Å². The molecule has 2 aliphatic heterocycles. The van der Waals surface area contributed by atoms with Gasteiger partial charge in [-0.05, 0) is 6.92 Å². The summed E-state index contributed by atoms with van der Waals surface area (Å²) in [6.45, 7) is 0.969. The number of aromatic nitrogens is 2. The molecule has 0 amide bonds. The summed E-state index contributed by atoms with van der Waals surface area (Å²) in [6.07, 6.45) is -0.296. The number of aliphatic imine (C=N–C) groups is 1. The lowest BCUT2D eigenvalue weighted by Crippen LogP contribution is -2.44. The summed E-state index contributed by atoms with van der Waals surface area (Å²) in [7, 11) is 0. The van der Waals surface area contributed by atoms with Crippen LogP contribution >= 0.6 is 0 Å². The average molecular weight is 347 g/mol. The van der Waals surface area contributed by atoms with Gasteiger partial charge in [-0.3, -0.25) is 4.79 Å². The highest BCUT2D eigenvalue weighted by atomic mass is 16.6. The Morgan fingerprint density at radius 2 is 2.28 bits per heavy atom. The van der Waals surface area contributed by atoms with E-state index in [4.69, 9.17) is 10.5 Å². The second-order valence-electron chi connectivity index (χ2n) is 6.33. The first kappa shape index (κ1) is 16.0. The second kappa shape index (κ2) is 5.23. The van der Waals surface area contributed by atoms with Crippen molar-refractivity contribution in [3.8, 4) is 0 Å². The Morgan fingerprint density at radius 3 is 2.96 bits per heavy atom. The zero-order valence-corrected chi connectivity index (χ0v) is 13.2. The van der Waals surface area contributed by atoms with Gasteiger partial charge in [0.15, 0.2) is 6.23 Å². The smallest absolute Gasteiger partial charge is 0.273 e. The third kappa shape index (κ3) is 2.15. The van der Waals surface area contributed by atoms with E-state index in [2.05, 4.69) is 15.3 Å². The van der Waals surface area contributed by atoms with Crippen molar-refractivity contribution in [3.05, 3.63) is 22.6 Å². The summed E-state index contributed by atoms with van der Waals surface area (Å²) in [5, 5.41) is 34.1. The lowest BCUT2D eigenvalue weighted by Gasteiger charge is -2.28. The number of hydrogen-bond donors (Lipinski definition) is 5. The number of anilines is 2. The van der Waals surface area contributed by atoms with E-state index in [0.717, 1.165) is 0 Å². The molecular weight excluding hydrogens is 330 g/mol. The van der Waals surface area contributed by atoms with Crippen molar-refractivity contribution < 1.29 is 20.1 Å². The number of nitrogens with two attached hydrogens (primary N) is 1. The Hall–Kier alpha value is -2.53. The fraction of sp³-hybridized carbons (Fsp3) is 0.400. The molecule has 10 nitrogen and oxygen atoms in total. The maximum absolute atomic E-state index is 11.8. The van der Waals surface area contributed by atoms with Crippen LogP contribution < -0.4 is 16.6 Å². The molecule has 4 atom stereocenters. The van der Waals surface area contributed by atoms with Gasteiger partial charge in [0.25, 0.3) is 5.56 Å². The number of hydrogen-bond acceptors (Lipinski definition) is 9. The van der Waals surface area contributed by atoms with Crippen molar-refractivity contribution in [1.82, 2.24) is 9.55 Å². The SMILES string of the molecule is C[C@@]1(O)[C@H](O)[C@@H](CO)O[C@H]1n1cc2c(N)cc(=O)nc3c2c1N=CN3. The van der Waals surface area contributed by atoms with E-state index in [9.17, 15) is 20.1 Å². The third-order valence-electron chi connectivity index (χ3n) is 4.63. The van der Waals surface area contributed by atoms with Crippen LogP contribution in [0, 0.1) is 0 Å². The maximum atomic E-state index is 11.8. The molecule has 0 bridgehead atoms. The first-order chi connectivity index (χ1) is 11.8. The van der Waals surface area contributed by atoms with Crippen molar-refractivity contribution in [3.63, 3.8) is 0 Å². The standard InChI is InChI=1S/C15H17N5O5/c1-15(24)11(23)8(4-21)25-14(15)20-3-6-7(16)2-9(22)19-12-10(6)13(20)18-5-17-12/h2-3,5,8,11,14,21,23-24H,4,16H2,1H3,(H,17,18,19,22)/t8-,11-,14-,15-/m1/s1. The van der Waals surface area contributed by atoms with E-state index >= 15 is 0 Å². The Bertz CT molecular complexity index is 953. The molecule has 0 unspecified atom stereocenters. The van der Waals surface area contributed by atoms with Gasteiger partial charge in [0, 0.05) is 23.3 Å². The highest BCUT2D eigenvalue weighted by Gasteiger charge is 2.53. The minimum Gasteiger partial charge on any atom is -0.398 e. The lowest BCUT2D eigenvalue weighted by atomic mass is 9.96. The number of rotatable bonds is 2. The summed E-state index contributed by atoms with van der Waals surface area (Å²) >= 11 is 0. The van der Waals surface area contributed by atoms with Crippen LogP contribution in [0.1, 0.15) is 13.2 Å². The molecule has 4 rings (SSSR count). The zero-order valence-electron chi connectivity index (χ0n) is 13.2. The number of ether oxygens (including phenoxy) is 1. The van der Waals surface area contributed by atoms with E-state index in [1.165, 1.54) is 23.9 Å². The second-order valence-corrected chi connectivity index (χ2v) is 6.33. The zero-order chi connectivity index (χ0) is 17.9. The molecule has 1 fully saturated rings. The van der Waals surface area contributed by atoms with Crippen molar-refractivity contribution in [2.45, 2.75) is 31.0 Å². The van der Waals surface area contributed by atoms with Crippen molar-refractivity contribution in [2.75, 3.05) is 17.7 Å². The van der Waals surface area contributed by atoms with Crippen LogP contribution in [0.25, 0.3) is 10.8 Å². The van der Waals surface area contributed by atoms with Gasteiger partial charge >= 0.3 is 0 Å². The van der Waals surface area contributed by atoms with E-state index in [1.807, 2.05) is 0 Å². The molecule has 4 heterocycles. The lowest BCUT2D eigenvalue weighted by molar-refractivity contribution is -0.0955. The van der Waals surface area contributed by atoms with Gasteiger partial charge in [-0.1, -0.05) is 0 Å². The molecule has 0 radical (unpaired) electrons. The summed E-state index contributed by atoms with van der Waals surface area (Å²) in [5.74, 6) is 0.659. The van der Waals surface area contributed by atoms with Crippen molar-refractivity contribution in [1.29, 1.82) is 0 Å². The molecule has 2 aromatic heterocycles. The van der Waals surface area contributed by atoms with E-state index in [-0.39, 0.29) is 11.5 Å². The van der Waals surface area contributed by atoms with Crippen LogP contribution in [-0.2, 0) is 4.74 Å². The number of aliphatic hydroxyl groups is 3. The van der Waals surface area contributed by atoms with Gasteiger partial charge in [0.1, 0.15) is 29.4 Å². The van der Waals surface area contributed by atoms with Crippen LogP contribution in [0.2, 0.25) is 0 Å². The summed E-state index contributed by atoms with van der Waals surface area (Å²) < 4.78 is 7.16. The van der Waals surface area contributed by atoms with E-state index in [0.29, 0.717) is 16.6 Å². The normalized spacial score (nSPS) is 30.6. The molecule has 2 aromatic rings. The summed E-state index contributed by atoms with van der Waals surface area (Å²) in [5.41, 5.74) is 4.02. The molecule has 6 N–H and O–H groups in total. The predicted octanol–water partition coefficient (Wildman–Crippen LogP) is -0.934. The van der Waals surface area contributed by atoms with Gasteiger partial charge in [-0.2, -0.15) is 4.98 Å². The maximum Gasteiger partial charge on any atom is 0.273 e. The van der Waals surface area contributed by atoms with Crippen LogP contribution in [0.15, 0.2) is 22.1 Å². The molecule has 1 saturated heterocycles. The Kier molecular flexibility index (Phi) is 3.34. The predicted molar refractivity (Wildman–Crippen MR) is 89.8 cm³/mol. The van der Waals surface area contributed by atoms with Crippen LogP contribution in [-0.4, -0.2) is 55.6 Å². The minimum atomic E-state index is -1.67. The monoisotopic (exact) mass is 347 g/mol. The fourth-order valence-corrected chi connectivity index (χ4v) is 3.33. The molecular formula is C15H17N5O5. The highest BCUT2D eigenvalue weighted by molar-refractivity contribution is 6.10. The third-order valence-corrected chi connectivity index (χ3v) is 4.63. The summed E-state index contributed by atoms with van der Waals surface area (Å²) in [6, 6.07) is 1.20. The van der Waals surface area contributed by atoms with E-state index in [1.54, 1.807) is 6.20 Å². The quantitative estimate of drug-likeness (QED) is 0.466. The Labute approximate surface area is 141 Å². The van der Waals surface area contributed by atoms with Crippen LogP contribution in [0.3, 0.4) is 0 Å². The number of nitrogens with one attached hydrogen (secondary N) is 1. The van der Waals surface area contributed by atoms with Crippen molar-refractivity contribution in [2.24, 2.45) is 4.99 Å². The average Bonchev–Trinajstić information content (AvgIpc) is 3.00. The molecule has 0 aliphatic carbocycles. The van der Waals surface area contributed by atoms with Crippen LogP contribution in [0.4, 0.5) is 17.3 Å².